The molecule has 2 N–H and O–H groups in total. The van der Waals surface area contributed by atoms with Gasteiger partial charge in [-0.05, 0) is 36.2 Å². The van der Waals surface area contributed by atoms with Gasteiger partial charge in [-0.25, -0.2) is 4.39 Å². The molecule has 0 heterocycles. The first-order valence-corrected chi connectivity index (χ1v) is 7.55. The molecule has 2 rings (SSSR count). The average molecular weight is 320 g/mol. The Morgan fingerprint density at radius 1 is 0.957 bits per heavy atom. The van der Waals surface area contributed by atoms with Crippen molar-refractivity contribution in [1.82, 2.24) is 0 Å². The van der Waals surface area contributed by atoms with Crippen LogP contribution in [-0.2, 0) is 19.6 Å². The lowest BCUT2D eigenvalue weighted by atomic mass is 10.1. The van der Waals surface area contributed by atoms with E-state index < -0.39 is 5.82 Å². The van der Waals surface area contributed by atoms with Gasteiger partial charge in [0.25, 0.3) is 0 Å². The number of ether oxygens (including phenoxy) is 2. The number of aliphatic hydroxyl groups excluding tert-OH is 2. The predicted octanol–water partition coefficient (Wildman–Crippen LogP) is 2.83. The number of hydrogen-bond donors (Lipinski definition) is 2. The number of hydrogen-bond acceptors (Lipinski definition) is 4. The molecule has 5 heteroatoms. The van der Waals surface area contributed by atoms with Gasteiger partial charge in [0, 0.05) is 11.1 Å². The van der Waals surface area contributed by atoms with Gasteiger partial charge in [0.1, 0.15) is 30.5 Å². The highest BCUT2D eigenvalue weighted by atomic mass is 19.1. The second-order valence-corrected chi connectivity index (χ2v) is 5.07. The lowest BCUT2D eigenvalue weighted by Gasteiger charge is -2.15. The molecule has 0 bridgehead atoms. The largest absolute Gasteiger partial charge is 0.490 e. The topological polar surface area (TPSA) is 58.9 Å². The van der Waals surface area contributed by atoms with Crippen LogP contribution in [-0.4, -0.2) is 23.4 Å². The van der Waals surface area contributed by atoms with Crippen molar-refractivity contribution in [3.05, 3.63) is 58.9 Å². The maximum Gasteiger partial charge on any atom is 0.130 e. The van der Waals surface area contributed by atoms with Gasteiger partial charge < -0.3 is 19.7 Å². The Morgan fingerprint density at radius 3 is 2.22 bits per heavy atom. The maximum atomic E-state index is 13.4. The van der Waals surface area contributed by atoms with E-state index in [-0.39, 0.29) is 19.8 Å². The second-order valence-electron chi connectivity index (χ2n) is 5.07. The Bertz CT molecular complexity index is 618. The van der Waals surface area contributed by atoms with Gasteiger partial charge in [0.2, 0.25) is 0 Å². The summed E-state index contributed by atoms with van der Waals surface area (Å²) in [5.41, 5.74) is 1.80. The molecule has 0 saturated carbocycles. The molecule has 0 aliphatic rings. The van der Waals surface area contributed by atoms with E-state index >= 15 is 0 Å². The van der Waals surface area contributed by atoms with E-state index in [4.69, 9.17) is 9.47 Å². The highest BCUT2D eigenvalue weighted by Gasteiger charge is 2.12. The summed E-state index contributed by atoms with van der Waals surface area (Å²) in [4.78, 5) is 0. The number of halogens is 1. The molecule has 0 spiro atoms. The van der Waals surface area contributed by atoms with Crippen LogP contribution in [0.25, 0.3) is 0 Å². The molecule has 0 saturated heterocycles. The van der Waals surface area contributed by atoms with Crippen LogP contribution in [0.3, 0.4) is 0 Å². The minimum absolute atomic E-state index is 0.224. The van der Waals surface area contributed by atoms with Crippen molar-refractivity contribution in [2.75, 3.05) is 13.2 Å². The summed E-state index contributed by atoms with van der Waals surface area (Å²) < 4.78 is 24.5. The van der Waals surface area contributed by atoms with E-state index in [2.05, 4.69) is 6.92 Å². The standard InChI is InChI=1S/C18H21FO4/c1-2-13-4-3-5-17(8-13)22-6-7-23-18-14(11-20)9-16(19)10-15(18)12-21/h3-5,8-10,20-21H,2,6-7,11-12H2,1H3. The van der Waals surface area contributed by atoms with E-state index in [1.54, 1.807) is 0 Å². The van der Waals surface area contributed by atoms with Gasteiger partial charge in [-0.2, -0.15) is 0 Å². The lowest BCUT2D eigenvalue weighted by Crippen LogP contribution is -2.12. The van der Waals surface area contributed by atoms with Gasteiger partial charge in [-0.15, -0.1) is 0 Å². The lowest BCUT2D eigenvalue weighted by molar-refractivity contribution is 0.202. The van der Waals surface area contributed by atoms with Gasteiger partial charge in [-0.1, -0.05) is 19.1 Å². The zero-order valence-electron chi connectivity index (χ0n) is 13.1. The summed E-state index contributed by atoms with van der Waals surface area (Å²) in [6, 6.07) is 10.2. The molecule has 2 aromatic rings. The Balaban J connectivity index is 1.95. The number of rotatable bonds is 8. The normalized spacial score (nSPS) is 10.6. The molecule has 124 valence electrons. The molecule has 4 nitrogen and oxygen atoms in total. The van der Waals surface area contributed by atoms with Gasteiger partial charge in [-0.3, -0.25) is 0 Å². The molecule has 0 aliphatic heterocycles. The SMILES string of the molecule is CCc1cccc(OCCOc2c(CO)cc(F)cc2CO)c1. The quantitative estimate of drug-likeness (QED) is 0.734. The molecule has 0 aliphatic carbocycles. The third-order valence-corrected chi connectivity index (χ3v) is 3.45. The minimum Gasteiger partial charge on any atom is -0.490 e. The molecule has 0 aromatic heterocycles. The maximum absolute atomic E-state index is 13.4. The van der Waals surface area contributed by atoms with Crippen molar-refractivity contribution in [1.29, 1.82) is 0 Å². The van der Waals surface area contributed by atoms with E-state index in [9.17, 15) is 14.6 Å². The molecule has 0 radical (unpaired) electrons. The highest BCUT2D eigenvalue weighted by Crippen LogP contribution is 2.26. The predicted molar refractivity (Wildman–Crippen MR) is 85.1 cm³/mol. The smallest absolute Gasteiger partial charge is 0.130 e. The average Bonchev–Trinajstić information content (AvgIpc) is 2.59. The van der Waals surface area contributed by atoms with E-state index in [0.717, 1.165) is 12.2 Å². The molecule has 2 aromatic carbocycles. The Morgan fingerprint density at radius 2 is 1.61 bits per heavy atom. The molecule has 23 heavy (non-hydrogen) atoms. The van der Waals surface area contributed by atoms with Gasteiger partial charge >= 0.3 is 0 Å². The van der Waals surface area contributed by atoms with Gasteiger partial charge in [0.05, 0.1) is 13.2 Å². The van der Waals surface area contributed by atoms with Gasteiger partial charge in [0.15, 0.2) is 0 Å². The summed E-state index contributed by atoms with van der Waals surface area (Å²) in [7, 11) is 0. The summed E-state index contributed by atoms with van der Waals surface area (Å²) in [6.45, 7) is 1.88. The summed E-state index contributed by atoms with van der Waals surface area (Å²) in [5.74, 6) is 0.553. The Labute approximate surface area is 135 Å². The molecule has 0 atom stereocenters. The van der Waals surface area contributed by atoms with Crippen molar-refractivity contribution in [3.63, 3.8) is 0 Å². The van der Waals surface area contributed by atoms with Crippen molar-refractivity contribution in [2.24, 2.45) is 0 Å². The van der Waals surface area contributed by atoms with Crippen LogP contribution in [0.5, 0.6) is 11.5 Å². The summed E-state index contributed by atoms with van der Waals surface area (Å²) in [6.07, 6.45) is 0.934. The molecule has 0 amide bonds. The minimum atomic E-state index is -0.516. The first-order chi connectivity index (χ1) is 11.2. The summed E-state index contributed by atoms with van der Waals surface area (Å²) >= 11 is 0. The van der Waals surface area contributed by atoms with Crippen LogP contribution < -0.4 is 9.47 Å². The van der Waals surface area contributed by atoms with Crippen molar-refractivity contribution < 1.29 is 24.1 Å². The van der Waals surface area contributed by atoms with Crippen LogP contribution in [0, 0.1) is 5.82 Å². The molecular weight excluding hydrogens is 299 g/mol. The van der Waals surface area contributed by atoms with E-state index in [1.807, 2.05) is 24.3 Å². The van der Waals surface area contributed by atoms with Crippen LogP contribution in [0.1, 0.15) is 23.6 Å². The fraction of sp³-hybridized carbons (Fsp3) is 0.333. The number of aliphatic hydroxyl groups is 2. The number of benzene rings is 2. The van der Waals surface area contributed by atoms with Crippen LogP contribution in [0.2, 0.25) is 0 Å². The zero-order valence-corrected chi connectivity index (χ0v) is 13.1. The molecular formula is C18H21FO4. The first kappa shape index (κ1) is 17.2. The third kappa shape index (κ3) is 4.68. The Hall–Kier alpha value is -2.11. The van der Waals surface area contributed by atoms with Crippen molar-refractivity contribution in [3.8, 4) is 11.5 Å². The van der Waals surface area contributed by atoms with E-state index in [0.29, 0.717) is 23.5 Å². The molecule has 0 fully saturated rings. The second kappa shape index (κ2) is 8.50. The third-order valence-electron chi connectivity index (χ3n) is 3.45. The van der Waals surface area contributed by atoms with Crippen LogP contribution in [0.15, 0.2) is 36.4 Å². The zero-order chi connectivity index (χ0) is 16.7. The molecule has 0 unspecified atom stereocenters. The van der Waals surface area contributed by atoms with Crippen LogP contribution >= 0.6 is 0 Å². The van der Waals surface area contributed by atoms with E-state index in [1.165, 1.54) is 17.7 Å². The first-order valence-electron chi connectivity index (χ1n) is 7.55. The summed E-state index contributed by atoms with van der Waals surface area (Å²) in [5, 5.41) is 18.6. The number of aryl methyl sites for hydroxylation is 1. The van der Waals surface area contributed by atoms with Crippen LogP contribution in [0.4, 0.5) is 4.39 Å². The highest BCUT2D eigenvalue weighted by molar-refractivity contribution is 5.41. The monoisotopic (exact) mass is 320 g/mol. The fourth-order valence-electron chi connectivity index (χ4n) is 2.29. The fourth-order valence-corrected chi connectivity index (χ4v) is 2.29. The van der Waals surface area contributed by atoms with Crippen molar-refractivity contribution in [2.45, 2.75) is 26.6 Å². The van der Waals surface area contributed by atoms with Crippen molar-refractivity contribution >= 4 is 0 Å². The Kier molecular flexibility index (Phi) is 6.38.